The number of hydrogen-bond acceptors (Lipinski definition) is 2. The molecule has 2 nitrogen and oxygen atoms in total. The summed E-state index contributed by atoms with van der Waals surface area (Å²) in [7, 11) is 0. The molecular weight excluding hydrogens is 222 g/mol. The quantitative estimate of drug-likeness (QED) is 0.831. The van der Waals surface area contributed by atoms with Crippen molar-refractivity contribution in [2.24, 2.45) is 5.92 Å². The molecule has 0 radical (unpaired) electrons. The van der Waals surface area contributed by atoms with E-state index in [1.54, 1.807) is 0 Å². The van der Waals surface area contributed by atoms with Gasteiger partial charge in [-0.3, -0.25) is 0 Å². The van der Waals surface area contributed by atoms with Gasteiger partial charge in [0.15, 0.2) is 0 Å². The highest BCUT2D eigenvalue weighted by atomic mass is 35.5. The topological polar surface area (TPSA) is 32.3 Å². The number of benzene rings is 1. The van der Waals surface area contributed by atoms with Crippen LogP contribution >= 0.6 is 11.6 Å². The predicted molar refractivity (Wildman–Crippen MR) is 68.7 cm³/mol. The average Bonchev–Trinajstić information content (AvgIpc) is 2.28. The van der Waals surface area contributed by atoms with Crippen LogP contribution in [0, 0.1) is 5.92 Å². The van der Waals surface area contributed by atoms with Crippen LogP contribution in [0.5, 0.6) is 0 Å². The molecule has 2 N–H and O–H groups in total. The molecule has 0 aliphatic rings. The zero-order valence-electron chi connectivity index (χ0n) is 10.1. The maximum absolute atomic E-state index is 9.08. The molecule has 0 fully saturated rings. The lowest BCUT2D eigenvalue weighted by Crippen LogP contribution is -2.35. The first kappa shape index (κ1) is 13.5. The minimum absolute atomic E-state index is 0.192. The highest BCUT2D eigenvalue weighted by molar-refractivity contribution is 6.31. The highest BCUT2D eigenvalue weighted by Crippen LogP contribution is 2.23. The summed E-state index contributed by atoms with van der Waals surface area (Å²) in [4.78, 5) is 0. The van der Waals surface area contributed by atoms with Crippen LogP contribution in [0.1, 0.15) is 32.4 Å². The third-order valence-electron chi connectivity index (χ3n) is 3.03. The third kappa shape index (κ3) is 3.48. The minimum atomic E-state index is 0.192. The van der Waals surface area contributed by atoms with Gasteiger partial charge in [0, 0.05) is 23.7 Å². The fraction of sp³-hybridized carbons (Fsp3) is 0.538. The summed E-state index contributed by atoms with van der Waals surface area (Å²) in [5.74, 6) is 0.241. The van der Waals surface area contributed by atoms with E-state index in [0.29, 0.717) is 0 Å². The lowest BCUT2D eigenvalue weighted by molar-refractivity contribution is 0.202. The molecule has 3 atom stereocenters. The largest absolute Gasteiger partial charge is 0.396 e. The second-order valence-electron chi connectivity index (χ2n) is 4.36. The Morgan fingerprint density at radius 3 is 2.44 bits per heavy atom. The number of hydrogen-bond donors (Lipinski definition) is 2. The number of halogens is 1. The van der Waals surface area contributed by atoms with Crippen molar-refractivity contribution in [1.29, 1.82) is 0 Å². The van der Waals surface area contributed by atoms with Gasteiger partial charge in [0.2, 0.25) is 0 Å². The Balaban J connectivity index is 2.65. The van der Waals surface area contributed by atoms with Crippen molar-refractivity contribution >= 4 is 11.6 Å². The fourth-order valence-electron chi connectivity index (χ4n) is 1.63. The van der Waals surface area contributed by atoms with Crippen LogP contribution in [0.4, 0.5) is 0 Å². The van der Waals surface area contributed by atoms with Crippen molar-refractivity contribution in [3.05, 3.63) is 34.9 Å². The first-order valence-corrected chi connectivity index (χ1v) is 6.05. The first-order valence-electron chi connectivity index (χ1n) is 5.67. The first-order chi connectivity index (χ1) is 7.56. The van der Waals surface area contributed by atoms with Crippen LogP contribution in [0.15, 0.2) is 24.3 Å². The van der Waals surface area contributed by atoms with Crippen LogP contribution in [0.3, 0.4) is 0 Å². The molecule has 0 spiro atoms. The molecule has 3 heteroatoms. The molecule has 0 aromatic heterocycles. The lowest BCUT2D eigenvalue weighted by atomic mass is 10.0. The van der Waals surface area contributed by atoms with Gasteiger partial charge in [-0.15, -0.1) is 0 Å². The minimum Gasteiger partial charge on any atom is -0.396 e. The Labute approximate surface area is 103 Å². The molecule has 0 saturated heterocycles. The SMILES string of the molecule is CC(NC(C)C(C)CO)c1ccccc1Cl. The van der Waals surface area contributed by atoms with Crippen molar-refractivity contribution in [3.63, 3.8) is 0 Å². The van der Waals surface area contributed by atoms with Gasteiger partial charge < -0.3 is 10.4 Å². The average molecular weight is 242 g/mol. The Hall–Kier alpha value is -0.570. The van der Waals surface area contributed by atoms with E-state index in [0.717, 1.165) is 10.6 Å². The van der Waals surface area contributed by atoms with Crippen LogP contribution in [0.2, 0.25) is 5.02 Å². The summed E-state index contributed by atoms with van der Waals surface area (Å²) in [5, 5.41) is 13.3. The van der Waals surface area contributed by atoms with Crippen LogP contribution in [-0.4, -0.2) is 17.8 Å². The number of aliphatic hydroxyl groups is 1. The van der Waals surface area contributed by atoms with Crippen molar-refractivity contribution in [2.45, 2.75) is 32.9 Å². The van der Waals surface area contributed by atoms with E-state index in [1.165, 1.54) is 0 Å². The molecule has 0 bridgehead atoms. The van der Waals surface area contributed by atoms with Gasteiger partial charge in [0.25, 0.3) is 0 Å². The van der Waals surface area contributed by atoms with Crippen molar-refractivity contribution in [1.82, 2.24) is 5.32 Å². The second-order valence-corrected chi connectivity index (χ2v) is 4.77. The number of rotatable bonds is 5. The van der Waals surface area contributed by atoms with Gasteiger partial charge in [0.1, 0.15) is 0 Å². The zero-order valence-corrected chi connectivity index (χ0v) is 10.8. The Morgan fingerprint density at radius 2 is 1.88 bits per heavy atom. The summed E-state index contributed by atoms with van der Waals surface area (Å²) in [5.41, 5.74) is 1.10. The normalized spacial score (nSPS) is 16.8. The molecule has 0 saturated carbocycles. The molecule has 90 valence electrons. The molecular formula is C13H20ClNO. The summed E-state index contributed by atoms with van der Waals surface area (Å²) in [6, 6.07) is 8.29. The van der Waals surface area contributed by atoms with Gasteiger partial charge >= 0.3 is 0 Å². The molecule has 0 amide bonds. The van der Waals surface area contributed by atoms with Crippen molar-refractivity contribution in [2.75, 3.05) is 6.61 Å². The molecule has 1 aromatic rings. The third-order valence-corrected chi connectivity index (χ3v) is 3.37. The van der Waals surface area contributed by atoms with Gasteiger partial charge in [-0.05, 0) is 31.4 Å². The predicted octanol–water partition coefficient (Wildman–Crippen LogP) is 3.01. The van der Waals surface area contributed by atoms with Gasteiger partial charge in [-0.1, -0.05) is 36.7 Å². The lowest BCUT2D eigenvalue weighted by Gasteiger charge is -2.24. The van der Waals surface area contributed by atoms with E-state index in [4.69, 9.17) is 16.7 Å². The van der Waals surface area contributed by atoms with E-state index in [1.807, 2.05) is 31.2 Å². The maximum atomic E-state index is 9.08. The van der Waals surface area contributed by atoms with Crippen LogP contribution in [-0.2, 0) is 0 Å². The van der Waals surface area contributed by atoms with E-state index in [9.17, 15) is 0 Å². The van der Waals surface area contributed by atoms with Crippen LogP contribution < -0.4 is 5.32 Å². The molecule has 1 aromatic carbocycles. The Kier molecular flexibility index (Phi) is 5.26. The number of aliphatic hydroxyl groups excluding tert-OH is 1. The standard InChI is InChI=1S/C13H20ClNO/c1-9(8-16)10(2)15-11(3)12-6-4-5-7-13(12)14/h4-7,9-11,15-16H,8H2,1-3H3. The molecule has 0 aliphatic heterocycles. The molecule has 0 heterocycles. The summed E-state index contributed by atoms with van der Waals surface area (Å²) in [6.45, 7) is 6.39. The van der Waals surface area contributed by atoms with E-state index in [-0.39, 0.29) is 24.6 Å². The molecule has 3 unspecified atom stereocenters. The summed E-state index contributed by atoms with van der Waals surface area (Å²) < 4.78 is 0. The van der Waals surface area contributed by atoms with Crippen LogP contribution in [0.25, 0.3) is 0 Å². The molecule has 16 heavy (non-hydrogen) atoms. The molecule has 1 rings (SSSR count). The molecule has 0 aliphatic carbocycles. The fourth-order valence-corrected chi connectivity index (χ4v) is 1.93. The second kappa shape index (κ2) is 6.24. The number of nitrogens with one attached hydrogen (secondary N) is 1. The smallest absolute Gasteiger partial charge is 0.0471 e. The van der Waals surface area contributed by atoms with Crippen molar-refractivity contribution in [3.8, 4) is 0 Å². The van der Waals surface area contributed by atoms with Crippen molar-refractivity contribution < 1.29 is 5.11 Å². The Morgan fingerprint density at radius 1 is 1.25 bits per heavy atom. The highest BCUT2D eigenvalue weighted by Gasteiger charge is 2.15. The van der Waals surface area contributed by atoms with Gasteiger partial charge in [-0.25, -0.2) is 0 Å². The van der Waals surface area contributed by atoms with E-state index < -0.39 is 0 Å². The van der Waals surface area contributed by atoms with Gasteiger partial charge in [-0.2, -0.15) is 0 Å². The maximum Gasteiger partial charge on any atom is 0.0471 e. The zero-order chi connectivity index (χ0) is 12.1. The Bertz CT molecular complexity index is 329. The summed E-state index contributed by atoms with van der Waals surface area (Å²) in [6.07, 6.45) is 0. The summed E-state index contributed by atoms with van der Waals surface area (Å²) >= 11 is 6.13. The van der Waals surface area contributed by atoms with Gasteiger partial charge in [0.05, 0.1) is 0 Å². The van der Waals surface area contributed by atoms with E-state index >= 15 is 0 Å². The monoisotopic (exact) mass is 241 g/mol. The van der Waals surface area contributed by atoms with E-state index in [2.05, 4.69) is 19.2 Å².